The molecule has 1 aliphatic rings. The number of rotatable bonds is 2. The molecule has 1 aliphatic heterocycles. The summed E-state index contributed by atoms with van der Waals surface area (Å²) in [6.07, 6.45) is 0.808. The molecular weight excluding hydrogens is 210 g/mol. The molecule has 4 heteroatoms. The Morgan fingerprint density at radius 2 is 2.19 bits per heavy atom. The molecule has 0 spiro atoms. The fourth-order valence-corrected chi connectivity index (χ4v) is 2.38. The van der Waals surface area contributed by atoms with E-state index >= 15 is 0 Å². The van der Waals surface area contributed by atoms with Gasteiger partial charge in [0.05, 0.1) is 0 Å². The Kier molecular flexibility index (Phi) is 3.51. The van der Waals surface area contributed by atoms with Crippen molar-refractivity contribution >= 4 is 0 Å². The van der Waals surface area contributed by atoms with Gasteiger partial charge in [-0.05, 0) is 61.7 Å². The molecule has 3 N–H and O–H groups in total. The average Bonchev–Trinajstić information content (AvgIpc) is 2.32. The first-order valence-corrected chi connectivity index (χ1v) is 5.58. The zero-order valence-electron chi connectivity index (χ0n) is 9.05. The third-order valence-corrected chi connectivity index (χ3v) is 3.27. The minimum atomic E-state index is -0.384. The van der Waals surface area contributed by atoms with Gasteiger partial charge in [0, 0.05) is 0 Å². The molecule has 0 radical (unpaired) electrons. The Labute approximate surface area is 93.8 Å². The van der Waals surface area contributed by atoms with Crippen LogP contribution in [0.3, 0.4) is 0 Å². The highest BCUT2D eigenvalue weighted by Gasteiger charge is 2.27. The molecule has 2 unspecified atom stereocenters. The zero-order chi connectivity index (χ0) is 11.5. The zero-order valence-corrected chi connectivity index (χ0v) is 9.05. The van der Waals surface area contributed by atoms with Gasteiger partial charge >= 0.3 is 0 Å². The van der Waals surface area contributed by atoms with Crippen LogP contribution in [0.4, 0.5) is 8.78 Å². The molecule has 88 valence electrons. The lowest BCUT2D eigenvalue weighted by Gasteiger charge is -2.31. The van der Waals surface area contributed by atoms with E-state index in [-0.39, 0.29) is 23.5 Å². The van der Waals surface area contributed by atoms with Crippen molar-refractivity contribution in [3.63, 3.8) is 0 Å². The van der Waals surface area contributed by atoms with E-state index in [2.05, 4.69) is 5.32 Å². The number of hydrogen-bond acceptors (Lipinski definition) is 2. The van der Waals surface area contributed by atoms with Crippen LogP contribution in [0.15, 0.2) is 18.2 Å². The van der Waals surface area contributed by atoms with Crippen LogP contribution in [0, 0.1) is 17.6 Å². The van der Waals surface area contributed by atoms with Crippen LogP contribution in [0.1, 0.15) is 17.9 Å². The molecule has 2 nitrogen and oxygen atoms in total. The number of hydrogen-bond donors (Lipinski definition) is 2. The van der Waals surface area contributed by atoms with Gasteiger partial charge in [-0.1, -0.05) is 0 Å². The summed E-state index contributed by atoms with van der Waals surface area (Å²) < 4.78 is 26.8. The normalized spacial score (nSPS) is 25.7. The molecule has 0 aliphatic carbocycles. The van der Waals surface area contributed by atoms with Crippen LogP contribution in [0.5, 0.6) is 0 Å². The molecule has 2 atom stereocenters. The predicted molar refractivity (Wildman–Crippen MR) is 59.1 cm³/mol. The van der Waals surface area contributed by atoms with E-state index in [1.807, 2.05) is 0 Å². The SMILES string of the molecule is NCC1CNCCC1c1cc(F)ccc1F. The van der Waals surface area contributed by atoms with Crippen molar-refractivity contribution in [2.75, 3.05) is 19.6 Å². The fraction of sp³-hybridized carbons (Fsp3) is 0.500. The standard InChI is InChI=1S/C12H16F2N2/c13-9-1-2-12(14)11(5-9)10-3-4-16-7-8(10)6-15/h1-2,5,8,10,16H,3-4,6-7,15H2. The van der Waals surface area contributed by atoms with Gasteiger partial charge in [-0.3, -0.25) is 0 Å². The summed E-state index contributed by atoms with van der Waals surface area (Å²) in [6.45, 7) is 2.10. The molecule has 0 amide bonds. The lowest BCUT2D eigenvalue weighted by atomic mass is 9.81. The number of nitrogens with two attached hydrogens (primary N) is 1. The van der Waals surface area contributed by atoms with Crippen molar-refractivity contribution in [1.29, 1.82) is 0 Å². The lowest BCUT2D eigenvalue weighted by molar-refractivity contribution is 0.325. The minimum absolute atomic E-state index is 0.0296. The van der Waals surface area contributed by atoms with E-state index in [1.54, 1.807) is 0 Å². The summed E-state index contributed by atoms with van der Waals surface area (Å²) in [6, 6.07) is 3.64. The van der Waals surface area contributed by atoms with Crippen molar-refractivity contribution in [2.24, 2.45) is 11.7 Å². The van der Waals surface area contributed by atoms with E-state index in [9.17, 15) is 8.78 Å². The van der Waals surface area contributed by atoms with Crippen LogP contribution in [0.2, 0.25) is 0 Å². The molecule has 0 aromatic heterocycles. The molecule has 1 aromatic carbocycles. The smallest absolute Gasteiger partial charge is 0.126 e. The molecule has 2 rings (SSSR count). The highest BCUT2D eigenvalue weighted by molar-refractivity contribution is 5.24. The number of nitrogens with one attached hydrogen (secondary N) is 1. The van der Waals surface area contributed by atoms with Gasteiger partial charge in [0.1, 0.15) is 11.6 Å². The minimum Gasteiger partial charge on any atom is -0.330 e. The molecule has 1 saturated heterocycles. The second-order valence-corrected chi connectivity index (χ2v) is 4.26. The molecular formula is C12H16F2N2. The molecule has 1 heterocycles. The topological polar surface area (TPSA) is 38.0 Å². The Morgan fingerprint density at radius 1 is 1.38 bits per heavy atom. The van der Waals surface area contributed by atoms with E-state index in [0.717, 1.165) is 25.6 Å². The Morgan fingerprint density at radius 3 is 2.94 bits per heavy atom. The number of piperidine rings is 1. The summed E-state index contributed by atoms with van der Waals surface area (Å²) >= 11 is 0. The van der Waals surface area contributed by atoms with Gasteiger partial charge in [0.2, 0.25) is 0 Å². The number of halogens is 2. The molecule has 16 heavy (non-hydrogen) atoms. The van der Waals surface area contributed by atoms with Crippen molar-refractivity contribution in [1.82, 2.24) is 5.32 Å². The van der Waals surface area contributed by atoms with E-state index < -0.39 is 0 Å². The lowest BCUT2D eigenvalue weighted by Crippen LogP contribution is -2.39. The second-order valence-electron chi connectivity index (χ2n) is 4.26. The maximum Gasteiger partial charge on any atom is 0.126 e. The van der Waals surface area contributed by atoms with Gasteiger partial charge in [-0.15, -0.1) is 0 Å². The van der Waals surface area contributed by atoms with Crippen LogP contribution in [-0.2, 0) is 0 Å². The van der Waals surface area contributed by atoms with Gasteiger partial charge in [-0.25, -0.2) is 8.78 Å². The fourth-order valence-electron chi connectivity index (χ4n) is 2.38. The summed E-state index contributed by atoms with van der Waals surface area (Å²) in [5.74, 6) is -0.496. The van der Waals surface area contributed by atoms with Crippen molar-refractivity contribution in [3.8, 4) is 0 Å². The van der Waals surface area contributed by atoms with Crippen LogP contribution >= 0.6 is 0 Å². The molecule has 0 bridgehead atoms. The van der Waals surface area contributed by atoms with Crippen LogP contribution in [0.25, 0.3) is 0 Å². The summed E-state index contributed by atoms with van der Waals surface area (Å²) in [4.78, 5) is 0. The quantitative estimate of drug-likeness (QED) is 0.804. The van der Waals surface area contributed by atoms with E-state index in [0.29, 0.717) is 12.1 Å². The molecule has 1 aromatic rings. The third-order valence-electron chi connectivity index (χ3n) is 3.27. The Hall–Kier alpha value is -1.00. The van der Waals surface area contributed by atoms with Gasteiger partial charge in [-0.2, -0.15) is 0 Å². The summed E-state index contributed by atoms with van der Waals surface area (Å²) in [5.41, 5.74) is 6.13. The molecule has 1 fully saturated rings. The predicted octanol–water partition coefficient (Wildman–Crippen LogP) is 1.62. The van der Waals surface area contributed by atoms with E-state index in [1.165, 1.54) is 12.1 Å². The summed E-state index contributed by atoms with van der Waals surface area (Å²) in [7, 11) is 0. The largest absolute Gasteiger partial charge is 0.330 e. The highest BCUT2D eigenvalue weighted by atomic mass is 19.1. The third kappa shape index (κ3) is 2.23. The first-order chi connectivity index (χ1) is 7.72. The van der Waals surface area contributed by atoms with Crippen molar-refractivity contribution in [2.45, 2.75) is 12.3 Å². The maximum absolute atomic E-state index is 13.6. The van der Waals surface area contributed by atoms with Crippen LogP contribution in [-0.4, -0.2) is 19.6 Å². The first kappa shape index (κ1) is 11.5. The highest BCUT2D eigenvalue weighted by Crippen LogP contribution is 2.31. The van der Waals surface area contributed by atoms with Crippen LogP contribution < -0.4 is 11.1 Å². The van der Waals surface area contributed by atoms with Crippen molar-refractivity contribution < 1.29 is 8.78 Å². The first-order valence-electron chi connectivity index (χ1n) is 5.58. The van der Waals surface area contributed by atoms with Gasteiger partial charge in [0.25, 0.3) is 0 Å². The van der Waals surface area contributed by atoms with Gasteiger partial charge < -0.3 is 11.1 Å². The monoisotopic (exact) mass is 226 g/mol. The Balaban J connectivity index is 2.30. The van der Waals surface area contributed by atoms with Gasteiger partial charge in [0.15, 0.2) is 0 Å². The van der Waals surface area contributed by atoms with E-state index in [4.69, 9.17) is 5.73 Å². The maximum atomic E-state index is 13.6. The second kappa shape index (κ2) is 4.89. The Bertz CT molecular complexity index is 368. The average molecular weight is 226 g/mol. The summed E-state index contributed by atoms with van der Waals surface area (Å²) in [5, 5.41) is 3.22. The molecule has 0 saturated carbocycles. The number of benzene rings is 1. The van der Waals surface area contributed by atoms with Crippen molar-refractivity contribution in [3.05, 3.63) is 35.4 Å².